The highest BCUT2D eigenvalue weighted by atomic mass is 32.2. The highest BCUT2D eigenvalue weighted by Gasteiger charge is 2.71. The molecule has 3 aromatic rings. The van der Waals surface area contributed by atoms with Gasteiger partial charge >= 0.3 is 0 Å². The van der Waals surface area contributed by atoms with Crippen LogP contribution in [-0.4, -0.2) is 34.1 Å². The first-order chi connectivity index (χ1) is 31.2. The molecule has 1 saturated carbocycles. The van der Waals surface area contributed by atoms with Crippen molar-refractivity contribution in [1.29, 1.82) is 0 Å². The zero-order valence-corrected chi connectivity index (χ0v) is 36.5. The molecule has 63 heavy (non-hydrogen) atoms. The second kappa shape index (κ2) is 14.9. The second-order valence-corrected chi connectivity index (χ2v) is 20.4. The summed E-state index contributed by atoms with van der Waals surface area (Å²) in [5.41, 5.74) is 9.18. The number of thioether (sulfide) groups is 1. The lowest BCUT2D eigenvalue weighted by molar-refractivity contribution is 0.305. The number of hydrogen-bond acceptors (Lipinski definition) is 6. The Kier molecular flexibility index (Phi) is 8.97. The predicted molar refractivity (Wildman–Crippen MR) is 260 cm³/mol. The van der Waals surface area contributed by atoms with Gasteiger partial charge in [0.2, 0.25) is 0 Å². The molecule has 1 fully saturated rings. The monoisotopic (exact) mass is 839 g/mol. The largest absolute Gasteiger partial charge is 0.324 e. The van der Waals surface area contributed by atoms with Gasteiger partial charge in [-0.05, 0) is 110 Å². The Morgan fingerprint density at radius 1 is 0.730 bits per heavy atom. The van der Waals surface area contributed by atoms with E-state index in [2.05, 4.69) is 192 Å². The van der Waals surface area contributed by atoms with Crippen LogP contribution in [0.1, 0.15) is 79.5 Å². The van der Waals surface area contributed by atoms with Crippen molar-refractivity contribution in [2.24, 2.45) is 33.7 Å². The number of allylic oxidation sites excluding steroid dienone is 16. The molecule has 7 aliphatic carbocycles. The van der Waals surface area contributed by atoms with E-state index < -0.39 is 0 Å². The van der Waals surface area contributed by atoms with Crippen molar-refractivity contribution in [3.8, 4) is 0 Å². The lowest BCUT2D eigenvalue weighted by Gasteiger charge is -2.41. The molecule has 1 aromatic heterocycles. The second-order valence-electron chi connectivity index (χ2n) is 19.2. The van der Waals surface area contributed by atoms with E-state index in [0.29, 0.717) is 23.0 Å². The van der Waals surface area contributed by atoms with Gasteiger partial charge in [0.25, 0.3) is 0 Å². The van der Waals surface area contributed by atoms with Crippen molar-refractivity contribution in [2.45, 2.75) is 90.5 Å². The minimum Gasteiger partial charge on any atom is -0.324 e. The molecule has 4 heterocycles. The summed E-state index contributed by atoms with van der Waals surface area (Å²) in [6.45, 7) is 0. The van der Waals surface area contributed by atoms with E-state index in [-0.39, 0.29) is 34.9 Å². The molecule has 3 aliphatic heterocycles. The third kappa shape index (κ3) is 5.86. The number of aromatic nitrogens is 1. The lowest BCUT2D eigenvalue weighted by atomic mass is 9.64. The molecule has 6 heteroatoms. The van der Waals surface area contributed by atoms with E-state index in [9.17, 15) is 0 Å². The Bertz CT molecular complexity index is 2790. The molecule has 0 saturated heterocycles. The number of hydrogen-bond donors (Lipinski definition) is 1. The van der Waals surface area contributed by atoms with E-state index in [1.165, 1.54) is 27.3 Å². The maximum Gasteiger partial charge on any atom is 0.150 e. The van der Waals surface area contributed by atoms with Crippen molar-refractivity contribution < 1.29 is 0 Å². The smallest absolute Gasteiger partial charge is 0.150 e. The SMILES string of the molecule is C1=CCCC(C2CC=CC(C3C=CC=CC3)C2c2cnc(N3c4ccccc4C45C=CC6(C4)c4ccccc4SC6C35)c(C3=NC(C4C=CC=CC4)N=C(C4=CCCC=C4)N3)c2)=C1. The van der Waals surface area contributed by atoms with Crippen molar-refractivity contribution >= 4 is 34.9 Å². The number of nitrogens with one attached hydrogen (secondary N) is 1. The van der Waals surface area contributed by atoms with Crippen LogP contribution < -0.4 is 10.2 Å². The summed E-state index contributed by atoms with van der Waals surface area (Å²) < 4.78 is 0. The summed E-state index contributed by atoms with van der Waals surface area (Å²) in [5.74, 6) is 4.40. The highest BCUT2D eigenvalue weighted by molar-refractivity contribution is 8.00. The number of pyridine rings is 1. The van der Waals surface area contributed by atoms with Crippen LogP contribution >= 0.6 is 11.8 Å². The molecule has 10 atom stereocenters. The first-order valence-electron chi connectivity index (χ1n) is 23.5. The van der Waals surface area contributed by atoms with Crippen LogP contribution in [0.25, 0.3) is 0 Å². The molecule has 2 aromatic carbocycles. The quantitative estimate of drug-likeness (QED) is 0.241. The summed E-state index contributed by atoms with van der Waals surface area (Å²) in [4.78, 5) is 21.0. The Labute approximate surface area is 376 Å². The molecule has 0 radical (unpaired) electrons. The number of fused-ring (bicyclic) bond motifs is 3. The molecule has 1 N–H and O–H groups in total. The van der Waals surface area contributed by atoms with Gasteiger partial charge in [0.05, 0.1) is 11.6 Å². The molecule has 10 aliphatic rings. The minimum absolute atomic E-state index is 0.0109. The van der Waals surface area contributed by atoms with Gasteiger partial charge < -0.3 is 10.2 Å². The van der Waals surface area contributed by atoms with E-state index in [0.717, 1.165) is 80.0 Å². The van der Waals surface area contributed by atoms with E-state index in [1.54, 1.807) is 5.57 Å². The number of nitrogens with zero attached hydrogens (tertiary/aromatic N) is 4. The van der Waals surface area contributed by atoms with Gasteiger partial charge in [0.1, 0.15) is 17.5 Å². The number of anilines is 2. The molecule has 13 rings (SSSR count). The maximum absolute atomic E-state index is 5.83. The topological polar surface area (TPSA) is 52.9 Å². The van der Waals surface area contributed by atoms with E-state index in [1.807, 2.05) is 0 Å². The average Bonchev–Trinajstić information content (AvgIpc) is 4.08. The van der Waals surface area contributed by atoms with Crippen LogP contribution in [0.5, 0.6) is 0 Å². The van der Waals surface area contributed by atoms with Crippen molar-refractivity contribution in [1.82, 2.24) is 10.3 Å². The summed E-state index contributed by atoms with van der Waals surface area (Å²) >= 11 is 2.09. The fourth-order valence-corrected chi connectivity index (χ4v) is 15.0. The van der Waals surface area contributed by atoms with Gasteiger partial charge in [-0.3, -0.25) is 0 Å². The molecule has 10 unspecified atom stereocenters. The van der Waals surface area contributed by atoms with Crippen LogP contribution in [-0.2, 0) is 10.8 Å². The Balaban J connectivity index is 1.02. The standard InChI is InChI=1S/C57H53N5S/c1-5-18-37(19-6-1)42-26-17-27-43(38-20-7-2-8-21-38)49(42)41-34-44(54-60-52(39-22-9-3-10-23-39)59-53(61-54)40-24-11-4-12-25-40)55(58-35-41)62-47-30-15-13-28-45(47)56-32-33-57(36-56)46-29-14-16-31-48(46)63-51(57)50(56)62/h1-3,5-7,9-11,13-18,20,22,24-26,28-35,37,39,42-43,49-52H,4,8,12,19,21,23,27,36H2,(H,59,60,61). The Hall–Kier alpha value is -5.72. The zero-order chi connectivity index (χ0) is 41.5. The van der Waals surface area contributed by atoms with Crippen LogP contribution in [0.4, 0.5) is 11.5 Å². The van der Waals surface area contributed by atoms with Gasteiger partial charge in [-0.2, -0.15) is 0 Å². The molecule has 5 nitrogen and oxygen atoms in total. The van der Waals surface area contributed by atoms with Gasteiger partial charge in [-0.25, -0.2) is 15.0 Å². The van der Waals surface area contributed by atoms with Crippen molar-refractivity contribution in [2.75, 3.05) is 4.90 Å². The number of aliphatic imine (C=N–C) groups is 2. The fourth-order valence-electron chi connectivity index (χ4n) is 13.2. The van der Waals surface area contributed by atoms with Crippen LogP contribution in [0.3, 0.4) is 0 Å². The van der Waals surface area contributed by atoms with Crippen LogP contribution in [0.15, 0.2) is 196 Å². The molecule has 312 valence electrons. The summed E-state index contributed by atoms with van der Waals surface area (Å²) in [7, 11) is 0. The average molecular weight is 840 g/mol. The normalized spacial score (nSPS) is 34.8. The van der Waals surface area contributed by atoms with Crippen molar-refractivity contribution in [3.63, 3.8) is 0 Å². The molecular formula is C57H53N5S. The van der Waals surface area contributed by atoms with Gasteiger partial charge in [0.15, 0.2) is 6.17 Å². The van der Waals surface area contributed by atoms with Crippen LogP contribution in [0, 0.1) is 23.7 Å². The van der Waals surface area contributed by atoms with Gasteiger partial charge in [-0.15, -0.1) is 11.8 Å². The summed E-state index contributed by atoms with van der Waals surface area (Å²) in [5, 5.41) is 4.27. The number of amidine groups is 2. The summed E-state index contributed by atoms with van der Waals surface area (Å²) in [6, 6.07) is 21.2. The van der Waals surface area contributed by atoms with E-state index >= 15 is 0 Å². The Morgan fingerprint density at radius 2 is 1.56 bits per heavy atom. The Morgan fingerprint density at radius 3 is 2.38 bits per heavy atom. The van der Waals surface area contributed by atoms with Gasteiger partial charge in [-0.1, -0.05) is 151 Å². The molecule has 2 spiro atoms. The predicted octanol–water partition coefficient (Wildman–Crippen LogP) is 12.4. The highest BCUT2D eigenvalue weighted by Crippen LogP contribution is 2.72. The fraction of sp³-hybridized carbons (Fsp3) is 0.316. The number of benzene rings is 2. The first kappa shape index (κ1) is 37.8. The number of rotatable bonds is 7. The third-order valence-electron chi connectivity index (χ3n) is 16.0. The first-order valence-corrected chi connectivity index (χ1v) is 24.4. The number of para-hydroxylation sites is 1. The van der Waals surface area contributed by atoms with Gasteiger partial charge in [0, 0.05) is 44.4 Å². The summed E-state index contributed by atoms with van der Waals surface area (Å²) in [6.07, 6.45) is 52.7. The third-order valence-corrected chi connectivity index (χ3v) is 17.5. The maximum atomic E-state index is 5.83. The van der Waals surface area contributed by atoms with E-state index in [4.69, 9.17) is 15.0 Å². The minimum atomic E-state index is -0.257. The molecular weight excluding hydrogens is 787 g/mol. The lowest BCUT2D eigenvalue weighted by Crippen LogP contribution is -2.47. The molecule has 2 bridgehead atoms. The van der Waals surface area contributed by atoms with Crippen LogP contribution in [0.2, 0.25) is 0 Å². The zero-order valence-electron chi connectivity index (χ0n) is 35.6. The van der Waals surface area contributed by atoms with Crippen molar-refractivity contribution in [3.05, 3.63) is 204 Å². The molecule has 0 amide bonds.